The van der Waals surface area contributed by atoms with Crippen LogP contribution in [0.5, 0.6) is 5.75 Å². The molecule has 4 heterocycles. The first-order chi connectivity index (χ1) is 21.9. The predicted molar refractivity (Wildman–Crippen MR) is 183 cm³/mol. The van der Waals surface area contributed by atoms with Crippen molar-refractivity contribution in [3.8, 4) is 22.7 Å². The molecule has 1 aromatic heterocycles. The van der Waals surface area contributed by atoms with Gasteiger partial charge in [-0.05, 0) is 78.0 Å². The van der Waals surface area contributed by atoms with Gasteiger partial charge >= 0.3 is 5.85 Å². The van der Waals surface area contributed by atoms with Crippen LogP contribution in [0.4, 0.5) is 4.79 Å². The van der Waals surface area contributed by atoms with E-state index in [1.807, 2.05) is 113 Å². The Bertz CT molecular complexity index is 2030. The first kappa shape index (κ1) is 28.5. The lowest BCUT2D eigenvalue weighted by Gasteiger charge is -2.45. The zero-order chi connectivity index (χ0) is 30.7. The lowest BCUT2D eigenvalue weighted by Crippen LogP contribution is -2.61. The molecule has 1 spiro atoms. The Morgan fingerprint density at radius 3 is 2.40 bits per heavy atom. The minimum Gasteiger partial charge on any atom is -0.444 e. The van der Waals surface area contributed by atoms with Crippen molar-refractivity contribution < 1.29 is 9.53 Å². The lowest BCUT2D eigenvalue weighted by atomic mass is 9.95. The molecule has 0 aliphatic carbocycles. The second-order valence-corrected chi connectivity index (χ2v) is 13.6. The van der Waals surface area contributed by atoms with Crippen LogP contribution in [-0.4, -0.2) is 31.6 Å². The molecule has 4 aromatic carbocycles. The number of carbonyl (C=O) groups excluding carboxylic acids is 1. The van der Waals surface area contributed by atoms with E-state index >= 15 is 0 Å². The first-order valence-electron chi connectivity index (χ1n) is 14.1. The average Bonchev–Trinajstić information content (AvgIpc) is 3.76. The van der Waals surface area contributed by atoms with E-state index in [0.717, 1.165) is 55.6 Å². The van der Waals surface area contributed by atoms with E-state index in [9.17, 15) is 4.79 Å². The number of fused-ring (bicyclic) bond motifs is 4. The van der Waals surface area contributed by atoms with Gasteiger partial charge in [-0.2, -0.15) is 10.2 Å². The van der Waals surface area contributed by atoms with Gasteiger partial charge in [-0.15, -0.1) is 0 Å². The third-order valence-electron chi connectivity index (χ3n) is 7.97. The minimum absolute atomic E-state index is 0.192. The summed E-state index contributed by atoms with van der Waals surface area (Å²) >= 11 is 17.1. The molecule has 45 heavy (non-hydrogen) atoms. The summed E-state index contributed by atoms with van der Waals surface area (Å²) in [6, 6.07) is 30.8. The number of thioether (sulfide) groups is 1. The first-order valence-corrected chi connectivity index (χ1v) is 16.5. The van der Waals surface area contributed by atoms with Gasteiger partial charge in [-0.3, -0.25) is 10.1 Å². The van der Waals surface area contributed by atoms with Crippen LogP contribution in [0.15, 0.2) is 118 Å². The molecule has 8 rings (SSSR count). The number of hydrogen-bond acceptors (Lipinski definition) is 6. The maximum Gasteiger partial charge on any atom is 0.314 e. The van der Waals surface area contributed by atoms with Crippen LogP contribution in [0, 0.1) is 0 Å². The summed E-state index contributed by atoms with van der Waals surface area (Å²) in [5.74, 6) is -0.688. The molecule has 0 radical (unpaired) electrons. The Morgan fingerprint density at radius 2 is 1.67 bits per heavy atom. The summed E-state index contributed by atoms with van der Waals surface area (Å²) in [4.78, 5) is 13.9. The van der Waals surface area contributed by atoms with Crippen molar-refractivity contribution in [1.29, 1.82) is 0 Å². The largest absolute Gasteiger partial charge is 0.444 e. The number of nitrogens with zero attached hydrogens (tertiary/aromatic N) is 4. The molecular formula is C34H22BrCl2N5O2S. The van der Waals surface area contributed by atoms with Gasteiger partial charge in [0.1, 0.15) is 5.75 Å². The summed E-state index contributed by atoms with van der Waals surface area (Å²) in [5, 5.41) is 16.1. The molecule has 2 atom stereocenters. The standard InChI is InChI=1S/C34H22BrCl2N5O2S/c35-23-10-15-30-27(17-23)29-18-28(20-6-11-24(36)12-7-20)39-42(29)34(44-30)31(45-33(43)38-34)16-22-19-41(26-4-2-1-3-5-26)40-32(22)21-8-13-25(37)14-9-21/h1-17,19,29H,18H2,(H,38,43). The van der Waals surface area contributed by atoms with E-state index in [2.05, 4.69) is 27.3 Å². The number of hydrogen-bond donors (Lipinski definition) is 1. The average molecular weight is 715 g/mol. The summed E-state index contributed by atoms with van der Waals surface area (Å²) < 4.78 is 9.54. The van der Waals surface area contributed by atoms with Crippen molar-refractivity contribution in [1.82, 2.24) is 20.1 Å². The van der Waals surface area contributed by atoms with Crippen LogP contribution in [0.1, 0.15) is 29.2 Å². The van der Waals surface area contributed by atoms with Crippen molar-refractivity contribution in [3.05, 3.63) is 139 Å². The number of amides is 1. The van der Waals surface area contributed by atoms with Gasteiger partial charge in [0, 0.05) is 43.8 Å². The Kier molecular flexibility index (Phi) is 7.02. The van der Waals surface area contributed by atoms with Crippen LogP contribution in [0.25, 0.3) is 23.0 Å². The molecule has 11 heteroatoms. The number of halogens is 3. The molecule has 1 amide bonds. The fourth-order valence-electron chi connectivity index (χ4n) is 5.89. The maximum absolute atomic E-state index is 13.3. The predicted octanol–water partition coefficient (Wildman–Crippen LogP) is 9.30. The number of rotatable bonds is 4. The summed E-state index contributed by atoms with van der Waals surface area (Å²) in [5.41, 5.74) is 6.15. The Morgan fingerprint density at radius 1 is 0.956 bits per heavy atom. The quantitative estimate of drug-likeness (QED) is 0.201. The van der Waals surface area contributed by atoms with Gasteiger partial charge in [0.15, 0.2) is 0 Å². The highest BCUT2D eigenvalue weighted by Crippen LogP contribution is 2.53. The van der Waals surface area contributed by atoms with E-state index in [0.29, 0.717) is 27.1 Å². The van der Waals surface area contributed by atoms with E-state index in [1.54, 1.807) is 0 Å². The number of hydrazone groups is 1. The molecule has 3 aliphatic heterocycles. The maximum atomic E-state index is 13.3. The molecule has 5 aromatic rings. The van der Waals surface area contributed by atoms with Crippen molar-refractivity contribution in [2.75, 3.05) is 0 Å². The van der Waals surface area contributed by atoms with E-state index < -0.39 is 5.85 Å². The second kappa shape index (κ2) is 11.1. The number of nitrogens with one attached hydrogen (secondary N) is 1. The molecule has 1 fully saturated rings. The molecule has 0 saturated carbocycles. The fraction of sp³-hybridized carbons (Fsp3) is 0.0882. The van der Waals surface area contributed by atoms with Gasteiger partial charge in [-0.1, -0.05) is 81.6 Å². The number of para-hydroxylation sites is 1. The monoisotopic (exact) mass is 713 g/mol. The number of aromatic nitrogens is 2. The zero-order valence-electron chi connectivity index (χ0n) is 23.3. The lowest BCUT2D eigenvalue weighted by molar-refractivity contribution is -0.0949. The van der Waals surface area contributed by atoms with Crippen LogP contribution in [0.3, 0.4) is 0 Å². The van der Waals surface area contributed by atoms with Crippen molar-refractivity contribution >= 4 is 67.9 Å². The highest BCUT2D eigenvalue weighted by atomic mass is 79.9. The summed E-state index contributed by atoms with van der Waals surface area (Å²) in [6.45, 7) is 0. The van der Waals surface area contributed by atoms with Crippen molar-refractivity contribution in [2.24, 2.45) is 5.10 Å². The van der Waals surface area contributed by atoms with Crippen molar-refractivity contribution in [3.63, 3.8) is 0 Å². The Labute approximate surface area is 281 Å². The molecule has 7 nitrogen and oxygen atoms in total. The third-order valence-corrected chi connectivity index (χ3v) is 9.87. The Hall–Kier alpha value is -4.02. The Balaban J connectivity index is 1.30. The van der Waals surface area contributed by atoms with E-state index in [1.165, 1.54) is 0 Å². The highest BCUT2D eigenvalue weighted by Gasteiger charge is 2.58. The molecule has 0 bridgehead atoms. The highest BCUT2D eigenvalue weighted by molar-refractivity contribution is 9.10. The van der Waals surface area contributed by atoms with Gasteiger partial charge in [0.25, 0.3) is 5.24 Å². The van der Waals surface area contributed by atoms with Crippen LogP contribution in [0.2, 0.25) is 10.0 Å². The van der Waals surface area contributed by atoms with E-state index in [4.69, 9.17) is 38.1 Å². The summed E-state index contributed by atoms with van der Waals surface area (Å²) in [6.07, 6.45) is 4.54. The van der Waals surface area contributed by atoms with Crippen LogP contribution in [-0.2, 0) is 0 Å². The smallest absolute Gasteiger partial charge is 0.314 e. The molecule has 1 saturated heterocycles. The van der Waals surface area contributed by atoms with Gasteiger partial charge in [0.05, 0.1) is 28.0 Å². The number of ether oxygens (including phenoxy) is 1. The van der Waals surface area contributed by atoms with Crippen LogP contribution >= 0.6 is 50.9 Å². The molecule has 2 unspecified atom stereocenters. The SMILES string of the molecule is O=C1NC2(Oc3ccc(Br)cc3C3CC(c4ccc(Cl)cc4)=NN32)C(=Cc2cn(-c3ccccc3)nc2-c2ccc(Cl)cc2)S1. The minimum atomic E-state index is -1.37. The normalized spacial score (nSPS) is 21.0. The number of benzene rings is 4. The summed E-state index contributed by atoms with van der Waals surface area (Å²) in [7, 11) is 0. The zero-order valence-corrected chi connectivity index (χ0v) is 27.2. The van der Waals surface area contributed by atoms with Crippen LogP contribution < -0.4 is 10.1 Å². The molecular weight excluding hydrogens is 693 g/mol. The molecule has 222 valence electrons. The number of carbonyl (C=O) groups is 1. The van der Waals surface area contributed by atoms with Gasteiger partial charge < -0.3 is 4.74 Å². The van der Waals surface area contributed by atoms with Crippen molar-refractivity contribution in [2.45, 2.75) is 18.3 Å². The third kappa shape index (κ3) is 5.04. The fourth-order valence-corrected chi connectivity index (χ4v) is 7.42. The molecule has 1 N–H and O–H groups in total. The van der Waals surface area contributed by atoms with Gasteiger partial charge in [0.2, 0.25) is 0 Å². The topological polar surface area (TPSA) is 71.8 Å². The molecule has 3 aliphatic rings. The van der Waals surface area contributed by atoms with E-state index in [-0.39, 0.29) is 11.3 Å². The van der Waals surface area contributed by atoms with Gasteiger partial charge in [-0.25, -0.2) is 9.69 Å². The second-order valence-electron chi connectivity index (χ2n) is 10.8.